The highest BCUT2D eigenvalue weighted by atomic mass is 127. The van der Waals surface area contributed by atoms with E-state index in [0.717, 1.165) is 43.1 Å². The largest absolute Gasteiger partial charge is 0.497 e. The summed E-state index contributed by atoms with van der Waals surface area (Å²) in [5.74, 6) is 2.29. The maximum Gasteiger partial charge on any atom is 0.191 e. The molecule has 2 rings (SSSR count). The molecule has 0 aromatic heterocycles. The maximum absolute atomic E-state index is 11.2. The van der Waals surface area contributed by atoms with Crippen LogP contribution in [0.4, 0.5) is 0 Å². The van der Waals surface area contributed by atoms with Gasteiger partial charge in [-0.2, -0.15) is 0 Å². The van der Waals surface area contributed by atoms with Gasteiger partial charge in [-0.3, -0.25) is 9.89 Å². The molecule has 10 heteroatoms. The van der Waals surface area contributed by atoms with E-state index >= 15 is 0 Å². The number of nitrogens with zero attached hydrogens (tertiary/aromatic N) is 2. The average Bonchev–Trinajstić information content (AvgIpc) is 3.06. The Hall–Kier alpha value is -1.27. The van der Waals surface area contributed by atoms with E-state index < -0.39 is 9.84 Å². The minimum Gasteiger partial charge on any atom is -0.497 e. The van der Waals surface area contributed by atoms with Gasteiger partial charge in [-0.15, -0.1) is 24.0 Å². The van der Waals surface area contributed by atoms with E-state index in [-0.39, 0.29) is 35.8 Å². The van der Waals surface area contributed by atoms with Crippen LogP contribution in [0.15, 0.2) is 23.2 Å². The van der Waals surface area contributed by atoms with E-state index in [1.54, 1.807) is 21.3 Å². The van der Waals surface area contributed by atoms with E-state index in [2.05, 4.69) is 20.5 Å². The zero-order valence-electron chi connectivity index (χ0n) is 16.9. The number of halogens is 1. The number of nitrogens with one attached hydrogen (secondary N) is 2. The third kappa shape index (κ3) is 8.39. The molecule has 0 amide bonds. The maximum atomic E-state index is 11.2. The van der Waals surface area contributed by atoms with Crippen molar-refractivity contribution in [3.05, 3.63) is 23.8 Å². The zero-order valence-corrected chi connectivity index (χ0v) is 20.0. The fourth-order valence-corrected chi connectivity index (χ4v) is 3.53. The molecule has 0 spiro atoms. The first-order valence-corrected chi connectivity index (χ1v) is 11.0. The van der Waals surface area contributed by atoms with Crippen LogP contribution in [0.5, 0.6) is 11.5 Å². The summed E-state index contributed by atoms with van der Waals surface area (Å²) in [7, 11) is 2.00. The first-order chi connectivity index (χ1) is 12.8. The summed E-state index contributed by atoms with van der Waals surface area (Å²) in [4.78, 5) is 6.53. The third-order valence-electron chi connectivity index (χ3n) is 4.42. The molecule has 0 aliphatic carbocycles. The smallest absolute Gasteiger partial charge is 0.191 e. The lowest BCUT2D eigenvalue weighted by Crippen LogP contribution is -2.45. The molecule has 160 valence electrons. The number of benzene rings is 1. The van der Waals surface area contributed by atoms with Gasteiger partial charge in [-0.25, -0.2) is 8.42 Å². The van der Waals surface area contributed by atoms with Crippen LogP contribution < -0.4 is 20.1 Å². The number of ether oxygens (including phenoxy) is 2. The van der Waals surface area contributed by atoms with Crippen molar-refractivity contribution in [1.82, 2.24) is 15.5 Å². The number of rotatable bonds is 8. The summed E-state index contributed by atoms with van der Waals surface area (Å²) in [5, 5.41) is 6.42. The summed E-state index contributed by atoms with van der Waals surface area (Å²) in [6.45, 7) is 3.01. The van der Waals surface area contributed by atoms with Gasteiger partial charge in [0.05, 0.1) is 20.0 Å². The number of aliphatic imine (C=N–C) groups is 1. The zero-order chi connectivity index (χ0) is 19.9. The number of guanidine groups is 1. The predicted octanol–water partition coefficient (Wildman–Crippen LogP) is 1.11. The predicted molar refractivity (Wildman–Crippen MR) is 123 cm³/mol. The van der Waals surface area contributed by atoms with Gasteiger partial charge in [0.15, 0.2) is 5.96 Å². The summed E-state index contributed by atoms with van der Waals surface area (Å²) in [5.41, 5.74) is 1.14. The lowest BCUT2D eigenvalue weighted by atomic mass is 10.2. The summed E-state index contributed by atoms with van der Waals surface area (Å²) in [6, 6.07) is 6.18. The minimum atomic E-state index is -2.98. The van der Waals surface area contributed by atoms with Crippen LogP contribution in [0.2, 0.25) is 0 Å². The molecule has 1 aliphatic heterocycles. The molecule has 0 bridgehead atoms. The highest BCUT2D eigenvalue weighted by Gasteiger charge is 2.23. The Labute approximate surface area is 185 Å². The van der Waals surface area contributed by atoms with Crippen molar-refractivity contribution in [2.75, 3.05) is 52.9 Å². The number of hydrogen-bond donors (Lipinski definition) is 2. The van der Waals surface area contributed by atoms with Crippen molar-refractivity contribution in [2.24, 2.45) is 4.99 Å². The van der Waals surface area contributed by atoms with Crippen LogP contribution in [0.1, 0.15) is 12.0 Å². The van der Waals surface area contributed by atoms with Crippen molar-refractivity contribution in [2.45, 2.75) is 19.0 Å². The SMILES string of the molecule is CN=C(NCCS(C)(=O)=O)NC1CCN(Cc2cc(OC)cc(OC)c2)C1.I. The number of hydrogen-bond acceptors (Lipinski definition) is 6. The number of methoxy groups -OCH3 is 2. The van der Waals surface area contributed by atoms with E-state index in [1.807, 2.05) is 18.2 Å². The second kappa shape index (κ2) is 11.7. The molecule has 1 saturated heterocycles. The van der Waals surface area contributed by atoms with E-state index in [9.17, 15) is 8.42 Å². The molecule has 1 aromatic carbocycles. The van der Waals surface area contributed by atoms with Crippen LogP contribution in [-0.2, 0) is 16.4 Å². The van der Waals surface area contributed by atoms with Gasteiger partial charge < -0.3 is 20.1 Å². The molecule has 2 N–H and O–H groups in total. The molecule has 0 saturated carbocycles. The molecule has 1 atom stereocenters. The highest BCUT2D eigenvalue weighted by Crippen LogP contribution is 2.24. The second-order valence-electron chi connectivity index (χ2n) is 6.71. The van der Waals surface area contributed by atoms with Crippen molar-refractivity contribution >= 4 is 39.8 Å². The van der Waals surface area contributed by atoms with E-state index in [0.29, 0.717) is 12.5 Å². The van der Waals surface area contributed by atoms with Crippen LogP contribution >= 0.6 is 24.0 Å². The summed E-state index contributed by atoms with van der Waals surface area (Å²) in [6.07, 6.45) is 2.22. The molecule has 1 aliphatic rings. The summed E-state index contributed by atoms with van der Waals surface area (Å²) < 4.78 is 33.1. The fourth-order valence-electron chi connectivity index (χ4n) is 3.05. The Morgan fingerprint density at radius 2 is 1.89 bits per heavy atom. The molecule has 0 radical (unpaired) electrons. The molecule has 8 nitrogen and oxygen atoms in total. The van der Waals surface area contributed by atoms with Crippen molar-refractivity contribution in [3.63, 3.8) is 0 Å². The highest BCUT2D eigenvalue weighted by molar-refractivity contribution is 14.0. The first-order valence-electron chi connectivity index (χ1n) is 8.92. The Bertz CT molecular complexity index is 736. The van der Waals surface area contributed by atoms with Gasteiger partial charge in [0.1, 0.15) is 21.3 Å². The van der Waals surface area contributed by atoms with Crippen LogP contribution in [0.3, 0.4) is 0 Å². The lowest BCUT2D eigenvalue weighted by molar-refractivity contribution is 0.321. The molecule has 1 fully saturated rings. The average molecular weight is 526 g/mol. The van der Waals surface area contributed by atoms with Gasteiger partial charge in [-0.1, -0.05) is 0 Å². The molecular formula is C18H31IN4O4S. The third-order valence-corrected chi connectivity index (χ3v) is 5.37. The van der Waals surface area contributed by atoms with Crippen molar-refractivity contribution in [1.29, 1.82) is 0 Å². The fraction of sp³-hybridized carbons (Fsp3) is 0.611. The van der Waals surface area contributed by atoms with Crippen LogP contribution in [0.25, 0.3) is 0 Å². The molecule has 1 heterocycles. The topological polar surface area (TPSA) is 92.3 Å². The molecule has 28 heavy (non-hydrogen) atoms. The van der Waals surface area contributed by atoms with E-state index in [1.165, 1.54) is 6.26 Å². The van der Waals surface area contributed by atoms with Crippen LogP contribution in [-0.4, -0.2) is 78.2 Å². The number of likely N-dealkylation sites (tertiary alicyclic amines) is 1. The minimum absolute atomic E-state index is 0. The van der Waals surface area contributed by atoms with Gasteiger partial charge >= 0.3 is 0 Å². The van der Waals surface area contributed by atoms with Gasteiger partial charge in [-0.05, 0) is 24.1 Å². The van der Waals surface area contributed by atoms with Crippen LogP contribution in [0, 0.1) is 0 Å². The van der Waals surface area contributed by atoms with E-state index in [4.69, 9.17) is 9.47 Å². The first kappa shape index (κ1) is 24.8. The second-order valence-corrected chi connectivity index (χ2v) is 8.97. The molecular weight excluding hydrogens is 495 g/mol. The Balaban J connectivity index is 0.00000392. The van der Waals surface area contributed by atoms with Crippen molar-refractivity contribution < 1.29 is 17.9 Å². The normalized spacial score (nSPS) is 17.7. The Morgan fingerprint density at radius 1 is 1.25 bits per heavy atom. The van der Waals surface area contributed by atoms with Crippen molar-refractivity contribution in [3.8, 4) is 11.5 Å². The lowest BCUT2D eigenvalue weighted by Gasteiger charge is -2.19. The van der Waals surface area contributed by atoms with Gasteiger partial charge in [0.25, 0.3) is 0 Å². The Kier molecular flexibility index (Phi) is 10.3. The monoisotopic (exact) mass is 526 g/mol. The Morgan fingerprint density at radius 3 is 2.43 bits per heavy atom. The summed E-state index contributed by atoms with van der Waals surface area (Å²) >= 11 is 0. The molecule has 1 unspecified atom stereocenters. The van der Waals surface area contributed by atoms with Gasteiger partial charge in [0, 0.05) is 51.6 Å². The molecule has 1 aromatic rings. The standard InChI is InChI=1S/C18H30N4O4S.HI/c1-19-18(20-6-8-27(4,23)24)21-15-5-7-22(13-15)12-14-9-16(25-2)11-17(10-14)26-3;/h9-11,15H,5-8,12-13H2,1-4H3,(H2,19,20,21);1H. The quantitative estimate of drug-likeness (QED) is 0.298. The number of sulfone groups is 1. The van der Waals surface area contributed by atoms with Gasteiger partial charge in [0.2, 0.25) is 0 Å².